The topological polar surface area (TPSA) is 83.6 Å². The second-order valence-corrected chi connectivity index (χ2v) is 11.7. The molecular formula is C30H42BrCoN2O4-. The van der Waals surface area contributed by atoms with Gasteiger partial charge in [0.05, 0.1) is 26.3 Å². The van der Waals surface area contributed by atoms with Crippen molar-refractivity contribution in [3.63, 3.8) is 0 Å². The number of nitrogens with zero attached hydrogens (tertiary/aromatic N) is 2. The number of methoxy groups -OCH3 is 2. The van der Waals surface area contributed by atoms with E-state index >= 15 is 0 Å². The maximum Gasteiger partial charge on any atom is 0.128 e. The number of aliphatic imine (C=N–C) groups is 2. The Kier molecular flexibility index (Phi) is 12.4. The molecule has 6 nitrogen and oxygen atoms in total. The number of phenolic OH excluding ortho intramolecular Hbond substituents is 2. The van der Waals surface area contributed by atoms with Gasteiger partial charge in [-0.25, -0.2) is 0 Å². The monoisotopic (exact) mass is 632 g/mol. The summed E-state index contributed by atoms with van der Waals surface area (Å²) >= 11 is 0. The van der Waals surface area contributed by atoms with Crippen molar-refractivity contribution in [1.29, 1.82) is 0 Å². The minimum Gasteiger partial charge on any atom is -1.00 e. The summed E-state index contributed by atoms with van der Waals surface area (Å²) in [6, 6.07) is 7.39. The van der Waals surface area contributed by atoms with Crippen molar-refractivity contribution >= 4 is 12.4 Å². The summed E-state index contributed by atoms with van der Waals surface area (Å²) in [4.78, 5) is 9.76. The van der Waals surface area contributed by atoms with Gasteiger partial charge >= 0.3 is 0 Å². The number of ether oxygens (including phenoxy) is 2. The second kappa shape index (κ2) is 13.9. The third-order valence-corrected chi connectivity index (χ3v) is 6.82. The fourth-order valence-corrected chi connectivity index (χ4v) is 4.63. The molecule has 2 N–H and O–H groups in total. The van der Waals surface area contributed by atoms with Crippen LogP contribution in [0.4, 0.5) is 0 Å². The summed E-state index contributed by atoms with van der Waals surface area (Å²) in [6.07, 6.45) is 7.53. The van der Waals surface area contributed by atoms with Gasteiger partial charge in [0.15, 0.2) is 0 Å². The molecule has 213 valence electrons. The molecule has 2 atom stereocenters. The van der Waals surface area contributed by atoms with E-state index in [2.05, 4.69) is 41.5 Å². The van der Waals surface area contributed by atoms with E-state index < -0.39 is 0 Å². The molecular weight excluding hydrogens is 591 g/mol. The number of benzene rings is 2. The first kappa shape index (κ1) is 34.0. The molecule has 0 spiro atoms. The first-order valence-electron chi connectivity index (χ1n) is 12.7. The van der Waals surface area contributed by atoms with Gasteiger partial charge in [-0.15, -0.1) is 0 Å². The van der Waals surface area contributed by atoms with Crippen molar-refractivity contribution in [3.8, 4) is 23.0 Å². The van der Waals surface area contributed by atoms with Gasteiger partial charge in [0.25, 0.3) is 0 Å². The summed E-state index contributed by atoms with van der Waals surface area (Å²) in [5, 5.41) is 21.9. The number of halogens is 1. The van der Waals surface area contributed by atoms with E-state index in [1.165, 1.54) is 0 Å². The van der Waals surface area contributed by atoms with Gasteiger partial charge < -0.3 is 36.7 Å². The molecule has 1 radical (unpaired) electrons. The molecule has 0 heterocycles. The van der Waals surface area contributed by atoms with Crippen LogP contribution in [0.15, 0.2) is 34.3 Å². The molecule has 8 heteroatoms. The Hall–Kier alpha value is -2.03. The van der Waals surface area contributed by atoms with Gasteiger partial charge in [-0.2, -0.15) is 0 Å². The van der Waals surface area contributed by atoms with Crippen LogP contribution >= 0.6 is 0 Å². The molecule has 0 amide bonds. The van der Waals surface area contributed by atoms with Crippen LogP contribution in [0.3, 0.4) is 0 Å². The summed E-state index contributed by atoms with van der Waals surface area (Å²) in [7, 11) is 3.26. The summed E-state index contributed by atoms with van der Waals surface area (Å²) in [6.45, 7) is 12.4. The maximum absolute atomic E-state index is 10.9. The molecule has 0 aromatic heterocycles. The van der Waals surface area contributed by atoms with Crippen molar-refractivity contribution in [1.82, 2.24) is 0 Å². The molecule has 1 saturated carbocycles. The first-order chi connectivity index (χ1) is 16.8. The normalized spacial score (nSPS) is 18.2. The quantitative estimate of drug-likeness (QED) is 0.477. The molecule has 2 aromatic rings. The molecule has 2 aromatic carbocycles. The van der Waals surface area contributed by atoms with Gasteiger partial charge in [0, 0.05) is 51.5 Å². The molecule has 0 saturated heterocycles. The van der Waals surface area contributed by atoms with Gasteiger partial charge in [-0.3, -0.25) is 9.98 Å². The molecule has 1 aliphatic carbocycles. The van der Waals surface area contributed by atoms with Crippen LogP contribution < -0.4 is 26.5 Å². The Balaban J connectivity index is 0.00000361. The number of hydrogen-bond donors (Lipinski definition) is 2. The van der Waals surface area contributed by atoms with Crippen LogP contribution in [0.25, 0.3) is 0 Å². The van der Waals surface area contributed by atoms with Crippen molar-refractivity contribution in [3.05, 3.63) is 46.5 Å². The van der Waals surface area contributed by atoms with Crippen LogP contribution in [0.2, 0.25) is 0 Å². The molecule has 3 rings (SSSR count). The van der Waals surface area contributed by atoms with Crippen LogP contribution in [0.5, 0.6) is 23.0 Å². The van der Waals surface area contributed by atoms with Crippen molar-refractivity contribution in [2.75, 3.05) is 14.2 Å². The molecule has 0 unspecified atom stereocenters. The van der Waals surface area contributed by atoms with E-state index in [-0.39, 0.29) is 68.2 Å². The minimum absolute atomic E-state index is 0. The predicted molar refractivity (Wildman–Crippen MR) is 148 cm³/mol. The minimum atomic E-state index is -0.233. The fourth-order valence-electron chi connectivity index (χ4n) is 4.63. The molecule has 1 aliphatic rings. The van der Waals surface area contributed by atoms with Crippen LogP contribution in [-0.2, 0) is 27.6 Å². The summed E-state index contributed by atoms with van der Waals surface area (Å²) in [5.74, 6) is 1.86. The number of hydrogen-bond acceptors (Lipinski definition) is 6. The third kappa shape index (κ3) is 8.23. The number of aromatic hydroxyl groups is 2. The smallest absolute Gasteiger partial charge is 0.128 e. The van der Waals surface area contributed by atoms with Gasteiger partial charge in [0.2, 0.25) is 0 Å². The Morgan fingerprint density at radius 3 is 1.34 bits per heavy atom. The average molecular weight is 634 g/mol. The van der Waals surface area contributed by atoms with Crippen LogP contribution in [-0.4, -0.2) is 48.9 Å². The van der Waals surface area contributed by atoms with Crippen LogP contribution in [0.1, 0.15) is 89.5 Å². The summed E-state index contributed by atoms with van der Waals surface area (Å²) in [5.41, 5.74) is 2.47. The fraction of sp³-hybridized carbons (Fsp3) is 0.533. The largest absolute Gasteiger partial charge is 1.00 e. The first-order valence-corrected chi connectivity index (χ1v) is 12.7. The third-order valence-electron chi connectivity index (χ3n) is 6.82. The van der Waals surface area contributed by atoms with E-state index in [1.807, 2.05) is 24.3 Å². The Morgan fingerprint density at radius 1 is 0.711 bits per heavy atom. The van der Waals surface area contributed by atoms with E-state index in [1.54, 1.807) is 26.6 Å². The maximum atomic E-state index is 10.9. The molecule has 38 heavy (non-hydrogen) atoms. The van der Waals surface area contributed by atoms with Gasteiger partial charge in [-0.1, -0.05) is 54.4 Å². The van der Waals surface area contributed by atoms with Crippen molar-refractivity contribution < 1.29 is 53.4 Å². The SMILES string of the molecule is COc1cc(C=N[C@@H]2CCCC[C@H]2N=Cc2cc(OC)cc(C(C)(C)C)c2O)c(O)c(C(C)(C)C)c1.[Br-].[Co]. The zero-order valence-corrected chi connectivity index (χ0v) is 26.4. The Labute approximate surface area is 248 Å². The number of rotatable bonds is 6. The van der Waals surface area contributed by atoms with Crippen molar-refractivity contribution in [2.45, 2.75) is 90.1 Å². The van der Waals surface area contributed by atoms with E-state index in [9.17, 15) is 10.2 Å². The van der Waals surface area contributed by atoms with Crippen molar-refractivity contribution in [2.24, 2.45) is 9.98 Å². The molecule has 0 bridgehead atoms. The standard InChI is InChI=1S/C30H42N2O4.BrH.Co/c1-29(2,3)23-15-21(35-7)13-19(27(23)33)17-31-25-11-9-10-12-26(25)32-18-20-14-22(36-8)16-24(28(20)34)30(4,5)6;;/h13-18,25-26,33-34H,9-12H2,1-8H3;1H;/p-1/t25-,26-;;/m1../s1. The zero-order chi connectivity index (χ0) is 26.7. The Morgan fingerprint density at radius 2 is 1.05 bits per heavy atom. The Bertz CT molecular complexity index is 1050. The van der Waals surface area contributed by atoms with E-state index in [0.29, 0.717) is 22.6 Å². The second-order valence-electron chi connectivity index (χ2n) is 11.7. The number of phenols is 2. The molecule has 1 fully saturated rings. The summed E-state index contributed by atoms with van der Waals surface area (Å²) < 4.78 is 11.0. The average Bonchev–Trinajstić information content (AvgIpc) is 2.81. The zero-order valence-electron chi connectivity index (χ0n) is 23.8. The van der Waals surface area contributed by atoms with E-state index in [0.717, 1.165) is 36.8 Å². The predicted octanol–water partition coefficient (Wildman–Crippen LogP) is 3.56. The molecule has 0 aliphatic heterocycles. The van der Waals surface area contributed by atoms with E-state index in [4.69, 9.17) is 19.5 Å². The van der Waals surface area contributed by atoms with Crippen LogP contribution in [0, 0.1) is 0 Å². The van der Waals surface area contributed by atoms with Gasteiger partial charge in [-0.05, 0) is 47.9 Å². The van der Waals surface area contributed by atoms with Gasteiger partial charge in [0.1, 0.15) is 23.0 Å².